The minimum atomic E-state index is -0.423. The Bertz CT molecular complexity index is 458. The van der Waals surface area contributed by atoms with Crippen LogP contribution in [0.15, 0.2) is 22.7 Å². The number of carbonyl (C=O) groups excluding carboxylic acids is 1. The molecule has 1 heterocycles. The second-order valence-electron chi connectivity index (χ2n) is 4.80. The van der Waals surface area contributed by atoms with E-state index in [1.54, 1.807) is 0 Å². The van der Waals surface area contributed by atoms with Crippen molar-refractivity contribution in [2.45, 2.75) is 25.3 Å². The van der Waals surface area contributed by atoms with E-state index in [2.05, 4.69) is 21.2 Å². The number of halogens is 2. The first-order valence-corrected chi connectivity index (χ1v) is 6.65. The van der Waals surface area contributed by atoms with E-state index in [4.69, 9.17) is 4.74 Å². The lowest BCUT2D eigenvalue weighted by molar-refractivity contribution is 0.0272. The maximum Gasteiger partial charge on any atom is 0.253 e. The molecule has 18 heavy (non-hydrogen) atoms. The SMILES string of the molecule is CC1(NC(=O)c2cc(F)ccc2Br)CCCOC1. The quantitative estimate of drug-likeness (QED) is 0.911. The van der Waals surface area contributed by atoms with Crippen LogP contribution in [0.4, 0.5) is 4.39 Å². The van der Waals surface area contributed by atoms with Crippen LogP contribution in [0.2, 0.25) is 0 Å². The molecule has 1 amide bonds. The maximum absolute atomic E-state index is 13.2. The van der Waals surface area contributed by atoms with E-state index in [1.165, 1.54) is 18.2 Å². The van der Waals surface area contributed by atoms with Gasteiger partial charge in [0, 0.05) is 11.1 Å². The molecular formula is C13H15BrFNO2. The first-order valence-electron chi connectivity index (χ1n) is 5.85. The Kier molecular flexibility index (Phi) is 4.02. The number of hydrogen-bond donors (Lipinski definition) is 1. The largest absolute Gasteiger partial charge is 0.379 e. The Balaban J connectivity index is 2.14. The third kappa shape index (κ3) is 3.09. The van der Waals surface area contributed by atoms with Gasteiger partial charge in [-0.15, -0.1) is 0 Å². The summed E-state index contributed by atoms with van der Waals surface area (Å²) < 4.78 is 19.1. The van der Waals surface area contributed by atoms with Crippen molar-refractivity contribution >= 4 is 21.8 Å². The van der Waals surface area contributed by atoms with E-state index in [0.717, 1.165) is 19.4 Å². The van der Waals surface area contributed by atoms with Crippen LogP contribution in [0, 0.1) is 5.82 Å². The standard InChI is InChI=1S/C13H15BrFNO2/c1-13(5-2-6-18-8-13)16-12(17)10-7-9(15)3-4-11(10)14/h3-4,7H,2,5-6,8H2,1H3,(H,16,17). The van der Waals surface area contributed by atoms with Crippen molar-refractivity contribution in [3.63, 3.8) is 0 Å². The van der Waals surface area contributed by atoms with Crippen LogP contribution >= 0.6 is 15.9 Å². The Morgan fingerprint density at radius 2 is 2.33 bits per heavy atom. The summed E-state index contributed by atoms with van der Waals surface area (Å²) in [4.78, 5) is 12.1. The van der Waals surface area contributed by atoms with Crippen LogP contribution in [-0.4, -0.2) is 24.7 Å². The zero-order chi connectivity index (χ0) is 13.2. The summed E-state index contributed by atoms with van der Waals surface area (Å²) in [6.45, 7) is 3.16. The van der Waals surface area contributed by atoms with Gasteiger partial charge < -0.3 is 10.1 Å². The molecule has 1 saturated heterocycles. The highest BCUT2D eigenvalue weighted by Gasteiger charge is 2.30. The van der Waals surface area contributed by atoms with Gasteiger partial charge in [-0.2, -0.15) is 0 Å². The summed E-state index contributed by atoms with van der Waals surface area (Å²) in [7, 11) is 0. The van der Waals surface area contributed by atoms with Gasteiger partial charge in [0.05, 0.1) is 17.7 Å². The van der Waals surface area contributed by atoms with E-state index in [9.17, 15) is 9.18 Å². The average molecular weight is 316 g/mol. The second-order valence-corrected chi connectivity index (χ2v) is 5.65. The molecule has 0 spiro atoms. The van der Waals surface area contributed by atoms with Gasteiger partial charge in [0.2, 0.25) is 0 Å². The molecular weight excluding hydrogens is 301 g/mol. The lowest BCUT2D eigenvalue weighted by Gasteiger charge is -2.34. The summed E-state index contributed by atoms with van der Waals surface area (Å²) >= 11 is 3.25. The molecule has 0 radical (unpaired) electrons. The summed E-state index contributed by atoms with van der Waals surface area (Å²) in [6.07, 6.45) is 1.78. The molecule has 5 heteroatoms. The number of amides is 1. The molecule has 0 saturated carbocycles. The van der Waals surface area contributed by atoms with Gasteiger partial charge in [0.25, 0.3) is 5.91 Å². The van der Waals surface area contributed by atoms with Crippen LogP contribution in [-0.2, 0) is 4.74 Å². The molecule has 98 valence electrons. The maximum atomic E-state index is 13.2. The normalized spacial score (nSPS) is 23.7. The minimum absolute atomic E-state index is 0.283. The van der Waals surface area contributed by atoms with E-state index in [-0.39, 0.29) is 11.4 Å². The molecule has 1 fully saturated rings. The van der Waals surface area contributed by atoms with Crippen molar-refractivity contribution in [1.82, 2.24) is 5.32 Å². The van der Waals surface area contributed by atoms with Gasteiger partial charge in [-0.1, -0.05) is 0 Å². The smallest absolute Gasteiger partial charge is 0.253 e. The van der Waals surface area contributed by atoms with Crippen LogP contribution < -0.4 is 5.32 Å². The van der Waals surface area contributed by atoms with E-state index < -0.39 is 5.82 Å². The van der Waals surface area contributed by atoms with E-state index in [1.807, 2.05) is 6.92 Å². The van der Waals surface area contributed by atoms with Gasteiger partial charge in [-0.05, 0) is 53.9 Å². The monoisotopic (exact) mass is 315 g/mol. The molecule has 1 N–H and O–H groups in total. The van der Waals surface area contributed by atoms with Crippen molar-refractivity contribution < 1.29 is 13.9 Å². The summed E-state index contributed by atoms with van der Waals surface area (Å²) in [6, 6.07) is 4.07. The third-order valence-corrected chi connectivity index (χ3v) is 3.72. The Morgan fingerprint density at radius 3 is 3.00 bits per heavy atom. The van der Waals surface area contributed by atoms with Crippen LogP contribution in [0.3, 0.4) is 0 Å². The number of ether oxygens (including phenoxy) is 1. The predicted octanol–water partition coefficient (Wildman–Crippen LogP) is 2.89. The lowest BCUT2D eigenvalue weighted by atomic mass is 9.94. The van der Waals surface area contributed by atoms with E-state index >= 15 is 0 Å². The van der Waals surface area contributed by atoms with E-state index in [0.29, 0.717) is 16.6 Å². The minimum Gasteiger partial charge on any atom is -0.379 e. The van der Waals surface area contributed by atoms with Crippen molar-refractivity contribution in [2.24, 2.45) is 0 Å². The van der Waals surface area contributed by atoms with Gasteiger partial charge in [0.15, 0.2) is 0 Å². The topological polar surface area (TPSA) is 38.3 Å². The fourth-order valence-corrected chi connectivity index (χ4v) is 2.47. The van der Waals surface area contributed by atoms with Gasteiger partial charge in [-0.25, -0.2) is 4.39 Å². The molecule has 1 aromatic carbocycles. The highest BCUT2D eigenvalue weighted by Crippen LogP contribution is 2.22. The zero-order valence-corrected chi connectivity index (χ0v) is 11.7. The predicted molar refractivity (Wildman–Crippen MR) is 70.0 cm³/mol. The lowest BCUT2D eigenvalue weighted by Crippen LogP contribution is -2.51. The van der Waals surface area contributed by atoms with Crippen LogP contribution in [0.5, 0.6) is 0 Å². The molecule has 1 unspecified atom stereocenters. The van der Waals surface area contributed by atoms with Crippen LogP contribution in [0.1, 0.15) is 30.1 Å². The molecule has 3 nitrogen and oxygen atoms in total. The molecule has 0 bridgehead atoms. The molecule has 0 aliphatic carbocycles. The van der Waals surface area contributed by atoms with Crippen LogP contribution in [0.25, 0.3) is 0 Å². The first kappa shape index (κ1) is 13.5. The Morgan fingerprint density at radius 1 is 1.56 bits per heavy atom. The highest BCUT2D eigenvalue weighted by atomic mass is 79.9. The number of benzene rings is 1. The first-order chi connectivity index (χ1) is 8.50. The molecule has 2 rings (SSSR count). The van der Waals surface area contributed by atoms with Crippen molar-refractivity contribution in [3.8, 4) is 0 Å². The molecule has 1 aliphatic heterocycles. The summed E-state index contributed by atoms with van der Waals surface area (Å²) in [5.74, 6) is -0.706. The van der Waals surface area contributed by atoms with Gasteiger partial charge in [0.1, 0.15) is 5.82 Å². The number of hydrogen-bond acceptors (Lipinski definition) is 2. The summed E-state index contributed by atoms with van der Waals surface area (Å²) in [5, 5.41) is 2.92. The fourth-order valence-electron chi connectivity index (χ4n) is 2.05. The van der Waals surface area contributed by atoms with Crippen molar-refractivity contribution in [2.75, 3.05) is 13.2 Å². The second kappa shape index (κ2) is 5.36. The third-order valence-electron chi connectivity index (χ3n) is 3.03. The Hall–Kier alpha value is -0.940. The van der Waals surface area contributed by atoms with Gasteiger partial charge in [-0.3, -0.25) is 4.79 Å². The average Bonchev–Trinajstić information content (AvgIpc) is 2.32. The molecule has 1 aromatic rings. The number of carbonyl (C=O) groups is 1. The highest BCUT2D eigenvalue weighted by molar-refractivity contribution is 9.10. The molecule has 0 aromatic heterocycles. The number of nitrogens with one attached hydrogen (secondary N) is 1. The summed E-state index contributed by atoms with van der Waals surface area (Å²) in [5.41, 5.74) is -0.0667. The van der Waals surface area contributed by atoms with Crippen molar-refractivity contribution in [1.29, 1.82) is 0 Å². The van der Waals surface area contributed by atoms with Gasteiger partial charge >= 0.3 is 0 Å². The molecule has 1 aliphatic rings. The zero-order valence-electron chi connectivity index (χ0n) is 10.1. The van der Waals surface area contributed by atoms with Crippen molar-refractivity contribution in [3.05, 3.63) is 34.1 Å². The molecule has 1 atom stereocenters. The fraction of sp³-hybridized carbons (Fsp3) is 0.462. The Labute approximate surface area is 114 Å². The number of rotatable bonds is 2.